The lowest BCUT2D eigenvalue weighted by Gasteiger charge is -2.09. The van der Waals surface area contributed by atoms with Gasteiger partial charge in [0, 0.05) is 11.5 Å². The summed E-state index contributed by atoms with van der Waals surface area (Å²) in [6, 6.07) is 13.1. The summed E-state index contributed by atoms with van der Waals surface area (Å²) >= 11 is 0. The van der Waals surface area contributed by atoms with E-state index in [0.29, 0.717) is 27.5 Å². The van der Waals surface area contributed by atoms with Gasteiger partial charge in [0.2, 0.25) is 5.43 Å². The Kier molecular flexibility index (Phi) is 2.66. The number of halogens is 1. The lowest BCUT2D eigenvalue weighted by molar-refractivity contribution is 0.420. The molecule has 0 unspecified atom stereocenters. The van der Waals surface area contributed by atoms with Crippen molar-refractivity contribution in [2.75, 3.05) is 7.11 Å². The summed E-state index contributed by atoms with van der Waals surface area (Å²) in [5, 5.41) is 2.41. The molecule has 4 rings (SSSR count). The molecule has 3 nitrogen and oxygen atoms in total. The lowest BCUT2D eigenvalue weighted by atomic mass is 10.0. The molecule has 108 valence electrons. The number of hydrogen-bond acceptors (Lipinski definition) is 3. The van der Waals surface area contributed by atoms with Crippen molar-refractivity contribution in [3.05, 3.63) is 64.6 Å². The molecule has 4 heteroatoms. The third kappa shape index (κ3) is 1.70. The maximum absolute atomic E-state index is 13.4. The first-order chi connectivity index (χ1) is 10.7. The van der Waals surface area contributed by atoms with E-state index in [0.717, 1.165) is 5.39 Å². The lowest BCUT2D eigenvalue weighted by Crippen LogP contribution is -2.03. The van der Waals surface area contributed by atoms with Crippen molar-refractivity contribution in [1.29, 1.82) is 0 Å². The van der Waals surface area contributed by atoms with Gasteiger partial charge in [0.25, 0.3) is 0 Å². The fourth-order valence-electron chi connectivity index (χ4n) is 2.83. The van der Waals surface area contributed by atoms with E-state index >= 15 is 0 Å². The zero-order valence-corrected chi connectivity index (χ0v) is 11.7. The van der Waals surface area contributed by atoms with Crippen molar-refractivity contribution >= 4 is 32.7 Å². The summed E-state index contributed by atoms with van der Waals surface area (Å²) in [5.74, 6) is 0.172. The van der Waals surface area contributed by atoms with Crippen LogP contribution in [0.1, 0.15) is 0 Å². The molecule has 0 atom stereocenters. The molecule has 0 aliphatic heterocycles. The molecule has 0 aliphatic carbocycles. The molecule has 0 radical (unpaired) electrons. The number of methoxy groups -OCH3 is 1. The van der Waals surface area contributed by atoms with Gasteiger partial charge in [-0.3, -0.25) is 4.79 Å². The zero-order valence-electron chi connectivity index (χ0n) is 11.7. The van der Waals surface area contributed by atoms with Gasteiger partial charge in [0.15, 0.2) is 0 Å². The van der Waals surface area contributed by atoms with Crippen LogP contribution in [0.3, 0.4) is 0 Å². The molecule has 3 aromatic carbocycles. The van der Waals surface area contributed by atoms with Gasteiger partial charge in [-0.25, -0.2) is 4.39 Å². The third-order valence-corrected chi connectivity index (χ3v) is 3.82. The van der Waals surface area contributed by atoms with Crippen LogP contribution in [0.2, 0.25) is 0 Å². The molecule has 4 aromatic rings. The van der Waals surface area contributed by atoms with Crippen LogP contribution in [0, 0.1) is 5.82 Å². The van der Waals surface area contributed by atoms with Gasteiger partial charge in [-0.15, -0.1) is 0 Å². The minimum Gasteiger partial charge on any atom is -0.496 e. The summed E-state index contributed by atoms with van der Waals surface area (Å²) in [6.45, 7) is 0. The highest BCUT2D eigenvalue weighted by atomic mass is 19.1. The smallest absolute Gasteiger partial charge is 0.201 e. The molecular formula is C18H11FO3. The SMILES string of the molecule is COc1cccc2ccc3oc4cc(F)ccc4c(=O)c3c12. The molecule has 0 aliphatic rings. The standard InChI is InChI=1S/C18H11FO3/c1-21-13-4-2-3-10-5-8-14-17(16(10)13)18(20)12-7-6-11(19)9-15(12)22-14/h2-9H,1H3. The number of ether oxygens (including phenoxy) is 1. The monoisotopic (exact) mass is 294 g/mol. The summed E-state index contributed by atoms with van der Waals surface area (Å²) in [6.07, 6.45) is 0. The van der Waals surface area contributed by atoms with E-state index in [-0.39, 0.29) is 11.0 Å². The first-order valence-corrected chi connectivity index (χ1v) is 6.81. The molecule has 0 saturated heterocycles. The molecule has 0 bridgehead atoms. The molecule has 0 spiro atoms. The zero-order chi connectivity index (χ0) is 15.3. The van der Waals surface area contributed by atoms with Crippen LogP contribution in [0.25, 0.3) is 32.7 Å². The Bertz CT molecular complexity index is 1100. The first-order valence-electron chi connectivity index (χ1n) is 6.81. The van der Waals surface area contributed by atoms with Crippen LogP contribution in [-0.4, -0.2) is 7.11 Å². The molecule has 0 fully saturated rings. The average Bonchev–Trinajstić information content (AvgIpc) is 2.53. The normalized spacial score (nSPS) is 11.4. The number of fused-ring (bicyclic) bond motifs is 4. The van der Waals surface area contributed by atoms with Crippen molar-refractivity contribution < 1.29 is 13.5 Å². The van der Waals surface area contributed by atoms with Crippen molar-refractivity contribution in [2.45, 2.75) is 0 Å². The van der Waals surface area contributed by atoms with Gasteiger partial charge in [-0.05, 0) is 29.7 Å². The van der Waals surface area contributed by atoms with Gasteiger partial charge < -0.3 is 9.15 Å². The molecule has 1 heterocycles. The average molecular weight is 294 g/mol. The van der Waals surface area contributed by atoms with Gasteiger partial charge >= 0.3 is 0 Å². The Morgan fingerprint density at radius 1 is 1.00 bits per heavy atom. The second kappa shape index (κ2) is 4.56. The molecular weight excluding hydrogens is 283 g/mol. The minimum atomic E-state index is -0.437. The van der Waals surface area contributed by atoms with Crippen LogP contribution in [0.15, 0.2) is 57.7 Å². The Labute approximate surface area is 124 Å². The largest absolute Gasteiger partial charge is 0.496 e. The Morgan fingerprint density at radius 3 is 2.68 bits per heavy atom. The van der Waals surface area contributed by atoms with Crippen molar-refractivity contribution in [2.24, 2.45) is 0 Å². The highest BCUT2D eigenvalue weighted by Crippen LogP contribution is 2.32. The minimum absolute atomic E-state index is 0.189. The van der Waals surface area contributed by atoms with Gasteiger partial charge in [-0.1, -0.05) is 18.2 Å². The van der Waals surface area contributed by atoms with E-state index in [1.54, 1.807) is 19.2 Å². The quantitative estimate of drug-likeness (QED) is 0.389. The Balaban J connectivity index is 2.32. The highest BCUT2D eigenvalue weighted by Gasteiger charge is 2.14. The highest BCUT2D eigenvalue weighted by molar-refractivity contribution is 6.11. The van der Waals surface area contributed by atoms with Crippen LogP contribution in [-0.2, 0) is 0 Å². The van der Waals surface area contributed by atoms with E-state index in [1.165, 1.54) is 18.2 Å². The van der Waals surface area contributed by atoms with Crippen LogP contribution in [0.4, 0.5) is 4.39 Å². The Morgan fingerprint density at radius 2 is 1.86 bits per heavy atom. The summed E-state index contributed by atoms with van der Waals surface area (Å²) in [4.78, 5) is 12.8. The second-order valence-corrected chi connectivity index (χ2v) is 5.07. The number of hydrogen-bond donors (Lipinski definition) is 0. The molecule has 0 amide bonds. The molecule has 1 aromatic heterocycles. The van der Waals surface area contributed by atoms with Crippen molar-refractivity contribution in [3.8, 4) is 5.75 Å². The van der Waals surface area contributed by atoms with Gasteiger partial charge in [0.1, 0.15) is 22.7 Å². The molecule has 0 N–H and O–H groups in total. The third-order valence-electron chi connectivity index (χ3n) is 3.82. The first kappa shape index (κ1) is 12.8. The maximum Gasteiger partial charge on any atom is 0.201 e. The summed E-state index contributed by atoms with van der Waals surface area (Å²) in [5.41, 5.74) is 0.471. The molecule has 22 heavy (non-hydrogen) atoms. The summed E-state index contributed by atoms with van der Waals surface area (Å²) in [7, 11) is 1.56. The van der Waals surface area contributed by atoms with Gasteiger partial charge in [-0.2, -0.15) is 0 Å². The summed E-state index contributed by atoms with van der Waals surface area (Å²) < 4.78 is 24.5. The maximum atomic E-state index is 13.4. The molecule has 0 saturated carbocycles. The van der Waals surface area contributed by atoms with E-state index in [1.807, 2.05) is 18.2 Å². The van der Waals surface area contributed by atoms with E-state index in [4.69, 9.17) is 9.15 Å². The number of benzene rings is 3. The fourth-order valence-corrected chi connectivity index (χ4v) is 2.83. The van der Waals surface area contributed by atoms with Crippen LogP contribution >= 0.6 is 0 Å². The van der Waals surface area contributed by atoms with Gasteiger partial charge in [0.05, 0.1) is 17.9 Å². The van der Waals surface area contributed by atoms with Crippen molar-refractivity contribution in [3.63, 3.8) is 0 Å². The fraction of sp³-hybridized carbons (Fsp3) is 0.0556. The van der Waals surface area contributed by atoms with E-state index in [9.17, 15) is 9.18 Å². The predicted molar refractivity (Wildman–Crippen MR) is 84.0 cm³/mol. The topological polar surface area (TPSA) is 39.4 Å². The van der Waals surface area contributed by atoms with E-state index in [2.05, 4.69) is 0 Å². The van der Waals surface area contributed by atoms with E-state index < -0.39 is 5.82 Å². The second-order valence-electron chi connectivity index (χ2n) is 5.07. The Hall–Kier alpha value is -2.88. The van der Waals surface area contributed by atoms with Crippen molar-refractivity contribution in [1.82, 2.24) is 0 Å². The van der Waals surface area contributed by atoms with Crippen LogP contribution < -0.4 is 10.2 Å². The number of rotatable bonds is 1. The van der Waals surface area contributed by atoms with Crippen LogP contribution in [0.5, 0.6) is 5.75 Å². The predicted octanol–water partition coefficient (Wildman–Crippen LogP) is 4.25.